The topological polar surface area (TPSA) is 39.2 Å². The van der Waals surface area contributed by atoms with Crippen LogP contribution in [0, 0.1) is 3.70 Å². The van der Waals surface area contributed by atoms with Crippen molar-refractivity contribution in [1.29, 1.82) is 0 Å². The van der Waals surface area contributed by atoms with Gasteiger partial charge in [-0.2, -0.15) is 0 Å². The smallest absolute Gasteiger partial charge is 0.339 e. The monoisotopic (exact) mass is 391 g/mol. The molecule has 0 saturated carbocycles. The van der Waals surface area contributed by atoms with E-state index >= 15 is 0 Å². The summed E-state index contributed by atoms with van der Waals surface area (Å²) in [7, 11) is 1.14. The molecule has 0 bridgehead atoms. The lowest BCUT2D eigenvalue weighted by Gasteiger charge is -2.09. The number of hydrogen-bond donors (Lipinski definition) is 0. The number of halogens is 4. The van der Waals surface area contributed by atoms with Crippen LogP contribution in [0.4, 0.5) is 8.78 Å². The fourth-order valence-corrected chi connectivity index (χ4v) is 1.85. The van der Waals surface area contributed by atoms with E-state index in [1.807, 2.05) is 22.6 Å². The van der Waals surface area contributed by atoms with Crippen LogP contribution in [0.25, 0.3) is 0 Å². The minimum atomic E-state index is -2.76. The van der Waals surface area contributed by atoms with Gasteiger partial charge in [0.25, 0.3) is 6.43 Å². The summed E-state index contributed by atoms with van der Waals surface area (Å²) in [4.78, 5) is 15.0. The van der Waals surface area contributed by atoms with Gasteiger partial charge in [-0.05, 0) is 38.5 Å². The number of pyridine rings is 1. The molecule has 0 aromatic carbocycles. The number of ether oxygens (including phenoxy) is 1. The molecule has 0 saturated heterocycles. The largest absolute Gasteiger partial charge is 0.465 e. The molecule has 0 radical (unpaired) electrons. The van der Waals surface area contributed by atoms with Gasteiger partial charge < -0.3 is 4.74 Å². The number of nitrogens with zero attached hydrogens (tertiary/aromatic N) is 1. The van der Waals surface area contributed by atoms with E-state index in [1.165, 1.54) is 0 Å². The van der Waals surface area contributed by atoms with Crippen LogP contribution in [0.5, 0.6) is 0 Å². The number of carbonyl (C=O) groups is 1. The molecule has 0 spiro atoms. The Morgan fingerprint density at radius 3 is 2.73 bits per heavy atom. The summed E-state index contributed by atoms with van der Waals surface area (Å²) in [5.74, 6) is -0.808. The highest BCUT2D eigenvalue weighted by molar-refractivity contribution is 14.1. The molecular weight excluding hydrogens is 387 g/mol. The zero-order chi connectivity index (χ0) is 11.6. The van der Waals surface area contributed by atoms with Crippen molar-refractivity contribution in [2.24, 2.45) is 0 Å². The quantitative estimate of drug-likeness (QED) is 0.441. The van der Waals surface area contributed by atoms with E-state index in [1.54, 1.807) is 0 Å². The highest BCUT2D eigenvalue weighted by atomic mass is 127. The van der Waals surface area contributed by atoms with Crippen LogP contribution in [0.2, 0.25) is 0 Å². The Hall–Kier alpha value is -0.310. The molecule has 15 heavy (non-hydrogen) atoms. The SMILES string of the molecule is COC(=O)c1c(C(F)F)cnc(I)c1Br. The molecular formula is C8H5BrF2INO2. The van der Waals surface area contributed by atoms with Crippen molar-refractivity contribution in [3.63, 3.8) is 0 Å². The Kier molecular flexibility index (Phi) is 4.38. The molecule has 0 aliphatic heterocycles. The third kappa shape index (κ3) is 2.63. The van der Waals surface area contributed by atoms with E-state index in [0.29, 0.717) is 3.70 Å². The first-order valence-electron chi connectivity index (χ1n) is 3.69. The fourth-order valence-electron chi connectivity index (χ4n) is 0.952. The molecule has 3 nitrogen and oxygen atoms in total. The van der Waals surface area contributed by atoms with Crippen molar-refractivity contribution in [3.05, 3.63) is 25.5 Å². The number of carbonyl (C=O) groups excluding carboxylic acids is 1. The van der Waals surface area contributed by atoms with Crippen molar-refractivity contribution in [2.45, 2.75) is 6.43 Å². The van der Waals surface area contributed by atoms with E-state index in [9.17, 15) is 13.6 Å². The normalized spacial score (nSPS) is 10.5. The molecule has 1 heterocycles. The zero-order valence-corrected chi connectivity index (χ0v) is 11.2. The molecule has 7 heteroatoms. The first-order valence-corrected chi connectivity index (χ1v) is 5.56. The predicted octanol–water partition coefficient (Wildman–Crippen LogP) is 3.17. The molecule has 0 N–H and O–H groups in total. The first kappa shape index (κ1) is 12.8. The maximum absolute atomic E-state index is 12.6. The molecule has 0 unspecified atom stereocenters. The van der Waals surface area contributed by atoms with Gasteiger partial charge in [-0.15, -0.1) is 0 Å². The number of methoxy groups -OCH3 is 1. The summed E-state index contributed by atoms with van der Waals surface area (Å²) in [6, 6.07) is 0. The predicted molar refractivity (Wildman–Crippen MR) is 61.0 cm³/mol. The second-order valence-corrected chi connectivity index (χ2v) is 4.30. The zero-order valence-electron chi connectivity index (χ0n) is 7.43. The molecule has 1 aromatic heterocycles. The summed E-state index contributed by atoms with van der Waals surface area (Å²) >= 11 is 4.87. The third-order valence-corrected chi connectivity index (χ3v) is 3.96. The van der Waals surface area contributed by atoms with Crippen LogP contribution in [-0.4, -0.2) is 18.1 Å². The second-order valence-electron chi connectivity index (χ2n) is 2.49. The van der Waals surface area contributed by atoms with Crippen molar-refractivity contribution in [2.75, 3.05) is 7.11 Å². The second kappa shape index (κ2) is 5.15. The molecule has 0 aliphatic rings. The number of hydrogen-bond acceptors (Lipinski definition) is 3. The lowest BCUT2D eigenvalue weighted by molar-refractivity contribution is 0.0587. The van der Waals surface area contributed by atoms with Crippen LogP contribution < -0.4 is 0 Å². The summed E-state index contributed by atoms with van der Waals surface area (Å²) in [6.07, 6.45) is -1.79. The van der Waals surface area contributed by atoms with Gasteiger partial charge >= 0.3 is 5.97 Å². The van der Waals surface area contributed by atoms with E-state index in [4.69, 9.17) is 0 Å². The Bertz CT molecular complexity index is 400. The lowest BCUT2D eigenvalue weighted by Crippen LogP contribution is -2.09. The fraction of sp³-hybridized carbons (Fsp3) is 0.250. The lowest BCUT2D eigenvalue weighted by atomic mass is 10.1. The summed E-state index contributed by atoms with van der Waals surface area (Å²) in [5.41, 5.74) is -0.610. The van der Waals surface area contributed by atoms with Gasteiger partial charge in [0.2, 0.25) is 0 Å². The highest BCUT2D eigenvalue weighted by Crippen LogP contribution is 2.30. The molecule has 82 valence electrons. The van der Waals surface area contributed by atoms with Gasteiger partial charge in [-0.3, -0.25) is 0 Å². The standard InChI is InChI=1S/C8H5BrF2INO2/c1-15-8(14)4-3(6(10)11)2-13-7(12)5(4)9/h2,6H,1H3. The summed E-state index contributed by atoms with van der Waals surface area (Å²) in [5, 5.41) is 0. The number of aromatic nitrogens is 1. The average molecular weight is 392 g/mol. The summed E-state index contributed by atoms with van der Waals surface area (Å²) < 4.78 is 30.2. The minimum Gasteiger partial charge on any atom is -0.465 e. The van der Waals surface area contributed by atoms with Crippen LogP contribution in [0.1, 0.15) is 22.3 Å². The maximum atomic E-state index is 12.6. The van der Waals surface area contributed by atoms with Crippen molar-refractivity contribution in [3.8, 4) is 0 Å². The van der Waals surface area contributed by atoms with Crippen LogP contribution >= 0.6 is 38.5 Å². The highest BCUT2D eigenvalue weighted by Gasteiger charge is 2.24. The van der Waals surface area contributed by atoms with E-state index in [0.717, 1.165) is 13.3 Å². The maximum Gasteiger partial charge on any atom is 0.339 e. The van der Waals surface area contributed by atoms with E-state index in [2.05, 4.69) is 25.7 Å². The summed E-state index contributed by atoms with van der Waals surface area (Å²) in [6.45, 7) is 0. The molecule has 0 aliphatic carbocycles. The van der Waals surface area contributed by atoms with Gasteiger partial charge in [-0.25, -0.2) is 18.6 Å². The van der Waals surface area contributed by atoms with Gasteiger partial charge in [0.05, 0.1) is 22.7 Å². The van der Waals surface area contributed by atoms with Gasteiger partial charge in [0.1, 0.15) is 3.70 Å². The Balaban J connectivity index is 3.41. The van der Waals surface area contributed by atoms with Gasteiger partial charge in [0, 0.05) is 6.20 Å². The van der Waals surface area contributed by atoms with E-state index in [-0.39, 0.29) is 10.0 Å². The van der Waals surface area contributed by atoms with Crippen molar-refractivity contribution >= 4 is 44.5 Å². The third-order valence-electron chi connectivity index (χ3n) is 1.63. The number of esters is 1. The Morgan fingerprint density at radius 1 is 1.67 bits per heavy atom. The van der Waals surface area contributed by atoms with Crippen molar-refractivity contribution < 1.29 is 18.3 Å². The number of alkyl halides is 2. The number of rotatable bonds is 2. The van der Waals surface area contributed by atoms with Gasteiger partial charge in [0.15, 0.2) is 0 Å². The molecule has 1 rings (SSSR count). The van der Waals surface area contributed by atoms with Crippen LogP contribution in [-0.2, 0) is 4.74 Å². The minimum absolute atomic E-state index is 0.174. The Morgan fingerprint density at radius 2 is 2.27 bits per heavy atom. The first-order chi connectivity index (χ1) is 6.99. The van der Waals surface area contributed by atoms with Crippen molar-refractivity contribution in [1.82, 2.24) is 4.98 Å². The van der Waals surface area contributed by atoms with Crippen LogP contribution in [0.15, 0.2) is 10.7 Å². The Labute approximate surface area is 106 Å². The average Bonchev–Trinajstić information content (AvgIpc) is 2.20. The molecule has 0 fully saturated rings. The van der Waals surface area contributed by atoms with E-state index < -0.39 is 18.0 Å². The molecule has 0 amide bonds. The van der Waals surface area contributed by atoms with Gasteiger partial charge in [-0.1, -0.05) is 0 Å². The van der Waals surface area contributed by atoms with Crippen LogP contribution in [0.3, 0.4) is 0 Å². The molecule has 0 atom stereocenters. The molecule has 1 aromatic rings.